The Labute approximate surface area is 182 Å². The molecule has 1 aromatic rings. The maximum Gasteiger partial charge on any atom is 0.294 e. The van der Waals surface area contributed by atoms with Crippen molar-refractivity contribution >= 4 is 40.6 Å². The molecule has 2 amide bonds. The van der Waals surface area contributed by atoms with E-state index in [2.05, 4.69) is 4.90 Å². The van der Waals surface area contributed by atoms with E-state index in [1.807, 2.05) is 12.1 Å². The van der Waals surface area contributed by atoms with Gasteiger partial charge >= 0.3 is 0 Å². The van der Waals surface area contributed by atoms with E-state index >= 15 is 0 Å². The Hall–Kier alpha value is -1.30. The molecular formula is C23H29ClN2O2S. The summed E-state index contributed by atoms with van der Waals surface area (Å²) in [7, 11) is 0. The van der Waals surface area contributed by atoms with Gasteiger partial charge in [0.1, 0.15) is 0 Å². The molecule has 0 bridgehead atoms. The largest absolute Gasteiger partial charge is 0.294 e. The quantitative estimate of drug-likeness (QED) is 0.512. The van der Waals surface area contributed by atoms with Gasteiger partial charge in [-0.25, -0.2) is 0 Å². The number of thioether (sulfide) groups is 1. The van der Waals surface area contributed by atoms with Gasteiger partial charge in [-0.05, 0) is 61.2 Å². The molecule has 1 saturated heterocycles. The van der Waals surface area contributed by atoms with Crippen LogP contribution in [0.4, 0.5) is 4.79 Å². The second-order valence-electron chi connectivity index (χ2n) is 8.40. The minimum atomic E-state index is -0.161. The summed E-state index contributed by atoms with van der Waals surface area (Å²) in [5.41, 5.74) is 0.885. The zero-order valence-corrected chi connectivity index (χ0v) is 18.4. The molecule has 6 heteroatoms. The second-order valence-corrected chi connectivity index (χ2v) is 9.83. The standard InChI is InChI=1S/C23H29ClN2O2S/c24-18-13-11-17(12-14-18)15-21-22(27)26(23(28)29-21)16-25(19-7-3-1-4-8-19)20-9-5-2-6-10-20/h11-15,19-20H,1-10,16H2. The monoisotopic (exact) mass is 432 g/mol. The summed E-state index contributed by atoms with van der Waals surface area (Å²) in [6.07, 6.45) is 14.2. The Morgan fingerprint density at radius 2 is 1.48 bits per heavy atom. The number of hydrogen-bond acceptors (Lipinski definition) is 4. The van der Waals surface area contributed by atoms with Crippen molar-refractivity contribution in [3.8, 4) is 0 Å². The van der Waals surface area contributed by atoms with Gasteiger partial charge in [0, 0.05) is 17.1 Å². The summed E-state index contributed by atoms with van der Waals surface area (Å²) < 4.78 is 0. The van der Waals surface area contributed by atoms with Crippen molar-refractivity contribution in [2.24, 2.45) is 0 Å². The predicted molar refractivity (Wildman–Crippen MR) is 120 cm³/mol. The number of hydrogen-bond donors (Lipinski definition) is 0. The Morgan fingerprint density at radius 1 is 0.931 bits per heavy atom. The highest BCUT2D eigenvalue weighted by atomic mass is 35.5. The van der Waals surface area contributed by atoms with Gasteiger partial charge in [0.25, 0.3) is 11.1 Å². The third-order valence-corrected chi connectivity index (χ3v) is 7.59. The fourth-order valence-electron chi connectivity index (χ4n) is 4.85. The molecule has 1 aromatic carbocycles. The minimum absolute atomic E-state index is 0.146. The summed E-state index contributed by atoms with van der Waals surface area (Å²) in [6, 6.07) is 8.33. The van der Waals surface area contributed by atoms with Gasteiger partial charge in [0.05, 0.1) is 11.6 Å². The van der Waals surface area contributed by atoms with Gasteiger partial charge in [-0.15, -0.1) is 0 Å². The topological polar surface area (TPSA) is 40.6 Å². The van der Waals surface area contributed by atoms with E-state index in [9.17, 15) is 9.59 Å². The predicted octanol–water partition coefficient (Wildman–Crippen LogP) is 6.30. The lowest BCUT2D eigenvalue weighted by atomic mass is 9.89. The third kappa shape index (κ3) is 5.07. The first-order valence-corrected chi connectivity index (χ1v) is 12.1. The highest BCUT2D eigenvalue weighted by Gasteiger charge is 2.39. The number of halogens is 1. The Kier molecular flexibility index (Phi) is 6.99. The van der Waals surface area contributed by atoms with Gasteiger partial charge in [0.2, 0.25) is 0 Å². The summed E-state index contributed by atoms with van der Waals surface area (Å²) in [5.74, 6) is -0.161. The summed E-state index contributed by atoms with van der Waals surface area (Å²) in [5, 5.41) is 0.512. The van der Waals surface area contributed by atoms with Gasteiger partial charge < -0.3 is 0 Å². The highest BCUT2D eigenvalue weighted by molar-refractivity contribution is 8.18. The van der Waals surface area contributed by atoms with Crippen LogP contribution in [0.3, 0.4) is 0 Å². The molecule has 0 unspecified atom stereocenters. The third-order valence-electron chi connectivity index (χ3n) is 6.43. The van der Waals surface area contributed by atoms with E-state index in [1.165, 1.54) is 69.1 Å². The number of rotatable bonds is 5. The number of carbonyl (C=O) groups is 2. The summed E-state index contributed by atoms with van der Waals surface area (Å²) in [4.78, 5) is 30.2. The van der Waals surface area contributed by atoms with Crippen LogP contribution in [0, 0.1) is 0 Å². The Morgan fingerprint density at radius 3 is 2.03 bits per heavy atom. The number of nitrogens with zero attached hydrogens (tertiary/aromatic N) is 2. The highest BCUT2D eigenvalue weighted by Crippen LogP contribution is 2.35. The Balaban J connectivity index is 1.51. The van der Waals surface area contributed by atoms with Crippen molar-refractivity contribution in [1.29, 1.82) is 0 Å². The average molecular weight is 433 g/mol. The van der Waals surface area contributed by atoms with Gasteiger partial charge in [-0.1, -0.05) is 62.3 Å². The molecule has 4 rings (SSSR count). The molecule has 3 aliphatic rings. The molecule has 4 nitrogen and oxygen atoms in total. The van der Waals surface area contributed by atoms with Crippen LogP contribution < -0.4 is 0 Å². The van der Waals surface area contributed by atoms with E-state index < -0.39 is 0 Å². The van der Waals surface area contributed by atoms with E-state index in [0.29, 0.717) is 28.7 Å². The maximum absolute atomic E-state index is 13.1. The first kappa shape index (κ1) is 21.0. The van der Waals surface area contributed by atoms with E-state index in [1.54, 1.807) is 18.2 Å². The molecule has 0 N–H and O–H groups in total. The van der Waals surface area contributed by atoms with Crippen LogP contribution in [0.2, 0.25) is 5.02 Å². The zero-order valence-electron chi connectivity index (χ0n) is 16.8. The van der Waals surface area contributed by atoms with Gasteiger partial charge in [-0.2, -0.15) is 0 Å². The normalized spacial score (nSPS) is 23.5. The van der Waals surface area contributed by atoms with Gasteiger partial charge in [-0.3, -0.25) is 19.4 Å². The summed E-state index contributed by atoms with van der Waals surface area (Å²) >= 11 is 7.00. The van der Waals surface area contributed by atoms with Gasteiger partial charge in [0.15, 0.2) is 0 Å². The molecule has 0 radical (unpaired) electrons. The SMILES string of the molecule is O=C1SC(=Cc2ccc(Cl)cc2)C(=O)N1CN(C1CCCCC1)C1CCCCC1. The molecule has 156 valence electrons. The lowest BCUT2D eigenvalue weighted by Crippen LogP contribution is -2.51. The minimum Gasteiger partial charge on any atom is -0.280 e. The number of amides is 2. The maximum atomic E-state index is 13.1. The van der Waals surface area contributed by atoms with Crippen molar-refractivity contribution in [2.75, 3.05) is 6.67 Å². The molecule has 0 spiro atoms. The van der Waals surface area contributed by atoms with Crippen molar-refractivity contribution < 1.29 is 9.59 Å². The van der Waals surface area contributed by atoms with Crippen LogP contribution in [0.5, 0.6) is 0 Å². The molecule has 1 aliphatic heterocycles. The van der Waals surface area contributed by atoms with Crippen LogP contribution in [0.25, 0.3) is 6.08 Å². The van der Waals surface area contributed by atoms with Crippen molar-refractivity contribution in [3.63, 3.8) is 0 Å². The lowest BCUT2D eigenvalue weighted by molar-refractivity contribution is -0.125. The van der Waals surface area contributed by atoms with Crippen LogP contribution in [-0.4, -0.2) is 39.7 Å². The fraction of sp³-hybridized carbons (Fsp3) is 0.565. The van der Waals surface area contributed by atoms with E-state index in [4.69, 9.17) is 11.6 Å². The molecule has 3 fully saturated rings. The number of carbonyl (C=O) groups excluding carboxylic acids is 2. The number of imide groups is 1. The fourth-order valence-corrected chi connectivity index (χ4v) is 5.81. The Bertz CT molecular complexity index is 750. The molecule has 29 heavy (non-hydrogen) atoms. The molecule has 0 aromatic heterocycles. The molecule has 0 atom stereocenters. The first-order chi connectivity index (χ1) is 14.1. The van der Waals surface area contributed by atoms with Crippen molar-refractivity contribution in [2.45, 2.75) is 76.3 Å². The molecule has 1 heterocycles. The second kappa shape index (κ2) is 9.67. The smallest absolute Gasteiger partial charge is 0.280 e. The van der Waals surface area contributed by atoms with Crippen LogP contribution in [-0.2, 0) is 4.79 Å². The number of benzene rings is 1. The van der Waals surface area contributed by atoms with E-state index in [-0.39, 0.29) is 11.1 Å². The van der Waals surface area contributed by atoms with Crippen LogP contribution >= 0.6 is 23.4 Å². The molecule has 2 aliphatic carbocycles. The lowest BCUT2D eigenvalue weighted by Gasteiger charge is -2.42. The van der Waals surface area contributed by atoms with Crippen LogP contribution in [0.15, 0.2) is 29.2 Å². The zero-order chi connectivity index (χ0) is 20.2. The molecule has 2 saturated carbocycles. The van der Waals surface area contributed by atoms with Crippen molar-refractivity contribution in [3.05, 3.63) is 39.8 Å². The van der Waals surface area contributed by atoms with Crippen LogP contribution in [0.1, 0.15) is 69.8 Å². The summed E-state index contributed by atoms with van der Waals surface area (Å²) in [6.45, 7) is 0.442. The van der Waals surface area contributed by atoms with E-state index in [0.717, 1.165) is 17.3 Å². The first-order valence-electron chi connectivity index (χ1n) is 10.9. The van der Waals surface area contributed by atoms with Crippen molar-refractivity contribution in [1.82, 2.24) is 9.80 Å². The molecular weight excluding hydrogens is 404 g/mol. The average Bonchev–Trinajstić information content (AvgIpc) is 3.01.